The number of carbonyl (C=O) groups is 2. The third-order valence-electron chi connectivity index (χ3n) is 3.01. The van der Waals surface area contributed by atoms with Crippen LogP contribution in [0.3, 0.4) is 0 Å². The van der Waals surface area contributed by atoms with Crippen molar-refractivity contribution in [2.45, 2.75) is 6.92 Å². The highest BCUT2D eigenvalue weighted by molar-refractivity contribution is 6.14. The number of rotatable bonds is 4. The molecule has 1 aromatic carbocycles. The Morgan fingerprint density at radius 3 is 2.55 bits per heavy atom. The first-order chi connectivity index (χ1) is 9.62. The van der Waals surface area contributed by atoms with Gasteiger partial charge in [0.15, 0.2) is 11.5 Å². The summed E-state index contributed by atoms with van der Waals surface area (Å²) < 4.78 is 10.5. The van der Waals surface area contributed by atoms with Crippen molar-refractivity contribution < 1.29 is 19.1 Å². The molecule has 3 amide bonds. The average molecular weight is 276 g/mol. The van der Waals surface area contributed by atoms with Gasteiger partial charge in [-0.15, -0.1) is 0 Å². The van der Waals surface area contributed by atoms with E-state index in [9.17, 15) is 9.59 Å². The Hall–Kier alpha value is -2.50. The molecule has 1 fully saturated rings. The van der Waals surface area contributed by atoms with E-state index in [1.54, 1.807) is 31.2 Å². The van der Waals surface area contributed by atoms with Gasteiger partial charge in [0.2, 0.25) is 0 Å². The number of methoxy groups -OCH3 is 2. The van der Waals surface area contributed by atoms with Crippen molar-refractivity contribution in [3.05, 3.63) is 29.5 Å². The zero-order chi connectivity index (χ0) is 14.7. The molecule has 6 nitrogen and oxygen atoms in total. The Morgan fingerprint density at radius 1 is 1.25 bits per heavy atom. The van der Waals surface area contributed by atoms with Crippen LogP contribution in [0.25, 0.3) is 6.08 Å². The molecule has 106 valence electrons. The van der Waals surface area contributed by atoms with Crippen LogP contribution in [0.5, 0.6) is 11.5 Å². The lowest BCUT2D eigenvalue weighted by atomic mass is 10.1. The number of nitrogens with one attached hydrogen (secondary N) is 1. The number of amides is 3. The molecule has 20 heavy (non-hydrogen) atoms. The number of urea groups is 1. The second-order valence-corrected chi connectivity index (χ2v) is 4.12. The zero-order valence-electron chi connectivity index (χ0n) is 11.6. The van der Waals surface area contributed by atoms with Gasteiger partial charge in [-0.1, -0.05) is 12.1 Å². The van der Waals surface area contributed by atoms with Gasteiger partial charge in [-0.3, -0.25) is 9.69 Å². The molecule has 1 aliphatic rings. The van der Waals surface area contributed by atoms with Crippen molar-refractivity contribution >= 4 is 18.0 Å². The van der Waals surface area contributed by atoms with E-state index >= 15 is 0 Å². The van der Waals surface area contributed by atoms with Gasteiger partial charge in [-0.2, -0.15) is 0 Å². The molecule has 0 bridgehead atoms. The minimum absolute atomic E-state index is 0.225. The molecular formula is C14H16N2O4. The summed E-state index contributed by atoms with van der Waals surface area (Å²) in [7, 11) is 3.06. The van der Waals surface area contributed by atoms with E-state index in [-0.39, 0.29) is 11.6 Å². The van der Waals surface area contributed by atoms with Crippen LogP contribution in [-0.2, 0) is 4.79 Å². The second kappa shape index (κ2) is 5.64. The molecule has 0 radical (unpaired) electrons. The number of imide groups is 1. The number of benzene rings is 1. The monoisotopic (exact) mass is 276 g/mol. The van der Waals surface area contributed by atoms with E-state index in [1.807, 2.05) is 0 Å². The standard InChI is InChI=1S/C14H16N2O4/c1-4-16-13(17)10(15-14(16)18)8-9-6-5-7-11(19-2)12(9)20-3/h5-8H,4H2,1-3H3,(H,15,18)/b10-8+. The number of para-hydroxylation sites is 1. The van der Waals surface area contributed by atoms with Gasteiger partial charge >= 0.3 is 6.03 Å². The molecule has 0 aliphatic carbocycles. The van der Waals surface area contributed by atoms with Crippen LogP contribution in [0.15, 0.2) is 23.9 Å². The Bertz CT molecular complexity index is 581. The van der Waals surface area contributed by atoms with Crippen molar-refractivity contribution in [3.8, 4) is 11.5 Å². The summed E-state index contributed by atoms with van der Waals surface area (Å²) in [5, 5.41) is 2.54. The van der Waals surface area contributed by atoms with Crippen molar-refractivity contribution in [1.82, 2.24) is 10.2 Å². The summed E-state index contributed by atoms with van der Waals surface area (Å²) in [5.41, 5.74) is 0.886. The molecule has 1 N–H and O–H groups in total. The third-order valence-corrected chi connectivity index (χ3v) is 3.01. The maximum absolute atomic E-state index is 12.0. The van der Waals surface area contributed by atoms with Crippen LogP contribution in [0.4, 0.5) is 4.79 Å². The van der Waals surface area contributed by atoms with E-state index in [4.69, 9.17) is 9.47 Å². The fourth-order valence-corrected chi connectivity index (χ4v) is 2.04. The predicted octanol–water partition coefficient (Wildman–Crippen LogP) is 1.62. The summed E-state index contributed by atoms with van der Waals surface area (Å²) >= 11 is 0. The van der Waals surface area contributed by atoms with Crippen LogP contribution in [-0.4, -0.2) is 37.6 Å². The first kappa shape index (κ1) is 13.9. The number of carbonyl (C=O) groups excluding carboxylic acids is 2. The van der Waals surface area contributed by atoms with Crippen LogP contribution in [0.2, 0.25) is 0 Å². The highest BCUT2D eigenvalue weighted by Gasteiger charge is 2.32. The van der Waals surface area contributed by atoms with Gasteiger partial charge in [0.25, 0.3) is 5.91 Å². The van der Waals surface area contributed by atoms with Gasteiger partial charge in [-0.05, 0) is 19.1 Å². The highest BCUT2D eigenvalue weighted by atomic mass is 16.5. The molecule has 0 spiro atoms. The molecule has 1 saturated heterocycles. The topological polar surface area (TPSA) is 67.9 Å². The first-order valence-corrected chi connectivity index (χ1v) is 6.17. The number of hydrogen-bond donors (Lipinski definition) is 1. The SMILES string of the molecule is CCN1C(=O)N/C(=C/c2cccc(OC)c2OC)C1=O. The minimum atomic E-state index is -0.411. The van der Waals surface area contributed by atoms with Crippen LogP contribution in [0, 0.1) is 0 Å². The summed E-state index contributed by atoms with van der Waals surface area (Å²) in [4.78, 5) is 24.7. The highest BCUT2D eigenvalue weighted by Crippen LogP contribution is 2.32. The van der Waals surface area contributed by atoms with Gasteiger partial charge < -0.3 is 14.8 Å². The third kappa shape index (κ3) is 2.32. The average Bonchev–Trinajstić information content (AvgIpc) is 2.72. The molecule has 1 heterocycles. The first-order valence-electron chi connectivity index (χ1n) is 6.17. The number of likely N-dealkylation sites (N-methyl/N-ethyl adjacent to an activating group) is 1. The van der Waals surface area contributed by atoms with Crippen molar-refractivity contribution in [1.29, 1.82) is 0 Å². The van der Waals surface area contributed by atoms with Gasteiger partial charge in [0.1, 0.15) is 5.70 Å². The normalized spacial score (nSPS) is 16.6. The lowest BCUT2D eigenvalue weighted by molar-refractivity contribution is -0.122. The van der Waals surface area contributed by atoms with Crippen LogP contribution < -0.4 is 14.8 Å². The van der Waals surface area contributed by atoms with E-state index in [1.165, 1.54) is 14.2 Å². The molecule has 2 rings (SSSR count). The fraction of sp³-hybridized carbons (Fsp3) is 0.286. The Labute approximate surface area is 117 Å². The number of hydrogen-bond acceptors (Lipinski definition) is 4. The second-order valence-electron chi connectivity index (χ2n) is 4.12. The lowest BCUT2D eigenvalue weighted by Crippen LogP contribution is -2.30. The maximum atomic E-state index is 12.0. The Balaban J connectivity index is 2.42. The molecule has 0 aromatic heterocycles. The quantitative estimate of drug-likeness (QED) is 0.670. The Kier molecular flexibility index (Phi) is 3.93. The van der Waals surface area contributed by atoms with E-state index in [0.29, 0.717) is 23.6 Å². The smallest absolute Gasteiger partial charge is 0.328 e. The minimum Gasteiger partial charge on any atom is -0.493 e. The Morgan fingerprint density at radius 2 is 2.00 bits per heavy atom. The summed E-state index contributed by atoms with van der Waals surface area (Å²) in [5.74, 6) is 0.729. The summed E-state index contributed by atoms with van der Waals surface area (Å²) in [6.45, 7) is 2.07. The van der Waals surface area contributed by atoms with E-state index in [0.717, 1.165) is 4.90 Å². The molecule has 0 atom stereocenters. The summed E-state index contributed by atoms with van der Waals surface area (Å²) in [6, 6.07) is 4.91. The van der Waals surface area contributed by atoms with Crippen LogP contribution >= 0.6 is 0 Å². The van der Waals surface area contributed by atoms with Gasteiger partial charge in [-0.25, -0.2) is 4.79 Å². The van der Waals surface area contributed by atoms with Gasteiger partial charge in [0.05, 0.1) is 14.2 Å². The number of nitrogens with zero attached hydrogens (tertiary/aromatic N) is 1. The molecule has 0 saturated carbocycles. The van der Waals surface area contributed by atoms with Crippen molar-refractivity contribution in [2.75, 3.05) is 20.8 Å². The predicted molar refractivity (Wildman–Crippen MR) is 73.4 cm³/mol. The van der Waals surface area contributed by atoms with Crippen molar-refractivity contribution in [3.63, 3.8) is 0 Å². The zero-order valence-corrected chi connectivity index (χ0v) is 11.6. The van der Waals surface area contributed by atoms with E-state index in [2.05, 4.69) is 5.32 Å². The molecule has 6 heteroatoms. The fourth-order valence-electron chi connectivity index (χ4n) is 2.04. The van der Waals surface area contributed by atoms with Gasteiger partial charge in [0, 0.05) is 12.1 Å². The number of ether oxygens (including phenoxy) is 2. The van der Waals surface area contributed by atoms with Crippen LogP contribution in [0.1, 0.15) is 12.5 Å². The summed E-state index contributed by atoms with van der Waals surface area (Å²) in [6.07, 6.45) is 1.58. The molecule has 1 aliphatic heterocycles. The van der Waals surface area contributed by atoms with E-state index < -0.39 is 6.03 Å². The maximum Gasteiger partial charge on any atom is 0.328 e. The largest absolute Gasteiger partial charge is 0.493 e. The lowest BCUT2D eigenvalue weighted by Gasteiger charge is -2.10. The molecule has 1 aromatic rings. The molecular weight excluding hydrogens is 260 g/mol. The van der Waals surface area contributed by atoms with Crippen molar-refractivity contribution in [2.24, 2.45) is 0 Å². The molecule has 0 unspecified atom stereocenters.